The highest BCUT2D eigenvalue weighted by atomic mass is 35.5. The number of piperidine rings is 1. The first kappa shape index (κ1) is 28.3. The van der Waals surface area contributed by atoms with E-state index in [0.717, 1.165) is 94.4 Å². The minimum atomic E-state index is -0.233. The lowest BCUT2D eigenvalue weighted by molar-refractivity contribution is -0.139. The predicted molar refractivity (Wildman–Crippen MR) is 155 cm³/mol. The zero-order chi connectivity index (χ0) is 27.4. The van der Waals surface area contributed by atoms with Crippen molar-refractivity contribution in [1.82, 2.24) is 15.1 Å². The zero-order valence-electron chi connectivity index (χ0n) is 22.8. The van der Waals surface area contributed by atoms with Crippen molar-refractivity contribution >= 4 is 35.0 Å². The number of ether oxygens (including phenoxy) is 1. The fourth-order valence-electron chi connectivity index (χ4n) is 6.50. The van der Waals surface area contributed by atoms with E-state index >= 15 is 0 Å². The van der Waals surface area contributed by atoms with Crippen LogP contribution in [-0.4, -0.2) is 54.9 Å². The van der Waals surface area contributed by atoms with Crippen LogP contribution in [0, 0.1) is 11.3 Å². The standard InChI is InChI=1S/C31H39Cl2N3O3/c1-39-25-9-6-22(7-10-25)21-36-19-15-31(30(36)38)13-17-35(18-14-31)16-12-28(24-8-11-26(32)27(33)20-24)34-29(37)23-4-2-3-5-23/h6-11,20,23,28H,2-5,12-19,21H2,1H3,(H,34,37). The highest BCUT2D eigenvalue weighted by Gasteiger charge is 2.47. The molecule has 0 aromatic heterocycles. The summed E-state index contributed by atoms with van der Waals surface area (Å²) < 4.78 is 5.25. The SMILES string of the molecule is COc1ccc(CN2CCC3(CCN(CCC(NC(=O)C4CCCC4)c4ccc(Cl)c(Cl)c4)CC3)C2=O)cc1. The van der Waals surface area contributed by atoms with E-state index in [0.29, 0.717) is 22.5 Å². The van der Waals surface area contributed by atoms with Gasteiger partial charge >= 0.3 is 0 Å². The Hall–Kier alpha value is -2.28. The van der Waals surface area contributed by atoms with Gasteiger partial charge in [0.25, 0.3) is 0 Å². The van der Waals surface area contributed by atoms with Crippen LogP contribution in [0.3, 0.4) is 0 Å². The Morgan fingerprint density at radius 3 is 2.38 bits per heavy atom. The van der Waals surface area contributed by atoms with Crippen molar-refractivity contribution in [3.8, 4) is 5.75 Å². The van der Waals surface area contributed by atoms with Crippen LogP contribution in [0.4, 0.5) is 0 Å². The van der Waals surface area contributed by atoms with Gasteiger partial charge in [0, 0.05) is 25.6 Å². The number of nitrogens with zero attached hydrogens (tertiary/aromatic N) is 2. The molecule has 3 fully saturated rings. The van der Waals surface area contributed by atoms with E-state index in [-0.39, 0.29) is 23.3 Å². The van der Waals surface area contributed by atoms with Crippen LogP contribution in [0.1, 0.15) is 68.5 Å². The van der Waals surface area contributed by atoms with Crippen molar-refractivity contribution in [2.75, 3.05) is 33.3 Å². The average Bonchev–Trinajstić information content (AvgIpc) is 3.60. The average molecular weight is 573 g/mol. The Morgan fingerprint density at radius 2 is 1.72 bits per heavy atom. The number of nitrogens with one attached hydrogen (secondary N) is 1. The number of rotatable bonds is 9. The monoisotopic (exact) mass is 571 g/mol. The molecule has 1 spiro atoms. The van der Waals surface area contributed by atoms with E-state index in [2.05, 4.69) is 10.2 Å². The first-order chi connectivity index (χ1) is 18.9. The van der Waals surface area contributed by atoms with Crippen molar-refractivity contribution in [3.63, 3.8) is 0 Å². The summed E-state index contributed by atoms with van der Waals surface area (Å²) in [6.07, 6.45) is 7.69. The highest BCUT2D eigenvalue weighted by molar-refractivity contribution is 6.42. The van der Waals surface area contributed by atoms with Gasteiger partial charge in [0.05, 0.1) is 28.6 Å². The normalized spacial score (nSPS) is 20.5. The van der Waals surface area contributed by atoms with Gasteiger partial charge in [0.1, 0.15) is 5.75 Å². The summed E-state index contributed by atoms with van der Waals surface area (Å²) in [5, 5.41) is 4.34. The molecule has 1 saturated carbocycles. The molecule has 8 heteroatoms. The van der Waals surface area contributed by atoms with E-state index in [1.807, 2.05) is 47.4 Å². The second kappa shape index (κ2) is 12.5. The fourth-order valence-corrected chi connectivity index (χ4v) is 6.81. The topological polar surface area (TPSA) is 61.9 Å². The van der Waals surface area contributed by atoms with Crippen molar-refractivity contribution in [2.45, 2.75) is 64.0 Å². The number of halogens is 2. The predicted octanol–water partition coefficient (Wildman–Crippen LogP) is 6.25. The smallest absolute Gasteiger partial charge is 0.229 e. The van der Waals surface area contributed by atoms with Crippen LogP contribution in [0.2, 0.25) is 10.0 Å². The highest BCUT2D eigenvalue weighted by Crippen LogP contribution is 2.42. The van der Waals surface area contributed by atoms with E-state index in [9.17, 15) is 9.59 Å². The molecule has 0 radical (unpaired) electrons. The maximum absolute atomic E-state index is 13.5. The quantitative estimate of drug-likeness (QED) is 0.386. The first-order valence-corrected chi connectivity index (χ1v) is 15.0. The molecule has 1 aliphatic carbocycles. The second-order valence-corrected chi connectivity index (χ2v) is 12.3. The number of benzene rings is 2. The number of amides is 2. The molecule has 1 atom stereocenters. The molecule has 3 aliphatic rings. The molecule has 1 unspecified atom stereocenters. The fraction of sp³-hybridized carbons (Fsp3) is 0.548. The summed E-state index contributed by atoms with van der Waals surface area (Å²) in [7, 11) is 1.66. The largest absolute Gasteiger partial charge is 0.497 e. The van der Waals surface area contributed by atoms with Gasteiger partial charge in [-0.05, 0) is 87.0 Å². The molecule has 39 heavy (non-hydrogen) atoms. The van der Waals surface area contributed by atoms with Gasteiger partial charge in [-0.3, -0.25) is 9.59 Å². The maximum atomic E-state index is 13.5. The van der Waals surface area contributed by atoms with Crippen molar-refractivity contribution in [2.24, 2.45) is 11.3 Å². The third-order valence-electron chi connectivity index (χ3n) is 9.07. The van der Waals surface area contributed by atoms with Gasteiger partial charge in [-0.2, -0.15) is 0 Å². The number of hydrogen-bond acceptors (Lipinski definition) is 4. The number of methoxy groups -OCH3 is 1. The first-order valence-electron chi connectivity index (χ1n) is 14.3. The number of carbonyl (C=O) groups excluding carboxylic acids is 2. The maximum Gasteiger partial charge on any atom is 0.229 e. The Balaban J connectivity index is 1.16. The van der Waals surface area contributed by atoms with Crippen LogP contribution in [-0.2, 0) is 16.1 Å². The second-order valence-electron chi connectivity index (χ2n) is 11.5. The third kappa shape index (κ3) is 6.55. The Bertz CT molecular complexity index is 1160. The molecule has 2 saturated heterocycles. The van der Waals surface area contributed by atoms with Gasteiger partial charge < -0.3 is 19.9 Å². The lowest BCUT2D eigenvalue weighted by Crippen LogP contribution is -2.45. The van der Waals surface area contributed by atoms with Crippen molar-refractivity contribution in [1.29, 1.82) is 0 Å². The number of carbonyl (C=O) groups is 2. The molecule has 2 heterocycles. The summed E-state index contributed by atoms with van der Waals surface area (Å²) in [5.74, 6) is 1.39. The molecule has 6 nitrogen and oxygen atoms in total. The van der Waals surface area contributed by atoms with Crippen LogP contribution in [0.5, 0.6) is 5.75 Å². The molecule has 5 rings (SSSR count). The third-order valence-corrected chi connectivity index (χ3v) is 9.81. The van der Waals surface area contributed by atoms with E-state index in [1.165, 1.54) is 0 Å². The minimum absolute atomic E-state index is 0.111. The van der Waals surface area contributed by atoms with Gasteiger partial charge in [-0.25, -0.2) is 0 Å². The van der Waals surface area contributed by atoms with Gasteiger partial charge in [0.2, 0.25) is 11.8 Å². The van der Waals surface area contributed by atoms with Crippen LogP contribution >= 0.6 is 23.2 Å². The Labute approximate surface area is 242 Å². The Morgan fingerprint density at radius 1 is 1.03 bits per heavy atom. The summed E-state index contributed by atoms with van der Waals surface area (Å²) in [4.78, 5) is 31.0. The van der Waals surface area contributed by atoms with E-state index in [1.54, 1.807) is 7.11 Å². The van der Waals surface area contributed by atoms with Crippen LogP contribution in [0.15, 0.2) is 42.5 Å². The zero-order valence-corrected chi connectivity index (χ0v) is 24.3. The molecule has 0 bridgehead atoms. The minimum Gasteiger partial charge on any atom is -0.497 e. The summed E-state index contributed by atoms with van der Waals surface area (Å²) >= 11 is 12.5. The molecule has 2 aromatic carbocycles. The summed E-state index contributed by atoms with van der Waals surface area (Å²) in [6.45, 7) is 4.12. The molecule has 2 amide bonds. The van der Waals surface area contributed by atoms with Crippen LogP contribution in [0.25, 0.3) is 0 Å². The Kier molecular flexibility index (Phi) is 9.05. The molecule has 210 valence electrons. The van der Waals surface area contributed by atoms with Gasteiger partial charge in [-0.1, -0.05) is 54.2 Å². The van der Waals surface area contributed by atoms with Gasteiger partial charge in [0.15, 0.2) is 0 Å². The molecule has 1 N–H and O–H groups in total. The summed E-state index contributed by atoms with van der Waals surface area (Å²) in [5.41, 5.74) is 1.89. The van der Waals surface area contributed by atoms with Gasteiger partial charge in [-0.15, -0.1) is 0 Å². The number of likely N-dealkylation sites (tertiary alicyclic amines) is 2. The molecular formula is C31H39Cl2N3O3. The van der Waals surface area contributed by atoms with Crippen molar-refractivity contribution in [3.05, 3.63) is 63.6 Å². The van der Waals surface area contributed by atoms with Crippen molar-refractivity contribution < 1.29 is 14.3 Å². The van der Waals surface area contributed by atoms with E-state index < -0.39 is 0 Å². The van der Waals surface area contributed by atoms with E-state index in [4.69, 9.17) is 27.9 Å². The number of hydrogen-bond donors (Lipinski definition) is 1. The molecule has 2 aromatic rings. The lowest BCUT2D eigenvalue weighted by Gasteiger charge is -2.38. The summed E-state index contributed by atoms with van der Waals surface area (Å²) in [6, 6.07) is 13.5. The van der Waals surface area contributed by atoms with Crippen LogP contribution < -0.4 is 10.1 Å². The lowest BCUT2D eigenvalue weighted by atomic mass is 9.77. The molecular weight excluding hydrogens is 533 g/mol. The molecule has 2 aliphatic heterocycles.